The molecule has 17 heteroatoms. The Bertz CT molecular complexity index is 1500. The van der Waals surface area contributed by atoms with E-state index in [9.17, 15) is 39.6 Å². The zero-order chi connectivity index (χ0) is 30.2. The molecule has 1 saturated heterocycles. The van der Waals surface area contributed by atoms with Crippen molar-refractivity contribution >= 4 is 42.0 Å². The van der Waals surface area contributed by atoms with Crippen LogP contribution in [0.1, 0.15) is 47.8 Å². The van der Waals surface area contributed by atoms with Gasteiger partial charge in [0.05, 0.1) is 30.4 Å². The van der Waals surface area contributed by atoms with Crippen molar-refractivity contribution in [3.63, 3.8) is 0 Å². The van der Waals surface area contributed by atoms with Crippen molar-refractivity contribution in [3.8, 4) is 0 Å². The number of nitrogens with one attached hydrogen (secondary N) is 1. The molecule has 1 aromatic carbocycles. The molecular weight excluding hydrogens is 597 g/mol. The molecular formula is C25H31ClN5O10P. The van der Waals surface area contributed by atoms with Gasteiger partial charge in [-0.2, -0.15) is 15.1 Å². The Hall–Kier alpha value is -2.72. The van der Waals surface area contributed by atoms with E-state index in [-0.39, 0.29) is 28.1 Å². The van der Waals surface area contributed by atoms with Crippen LogP contribution in [0.2, 0.25) is 5.28 Å². The SMILES string of the molecule is O=C(O)c1cccc(CC(CO)(OC[C@H]2O[C@@H](n3ncc4c(NC5CCCC5)nc(Cl)nc43)[C@H](O)[C@@H]2O)P(=O)(O)O)c1. The van der Waals surface area contributed by atoms with Gasteiger partial charge in [-0.05, 0) is 42.1 Å². The molecule has 42 heavy (non-hydrogen) atoms. The van der Waals surface area contributed by atoms with Gasteiger partial charge in [0.2, 0.25) is 5.28 Å². The summed E-state index contributed by atoms with van der Waals surface area (Å²) in [7, 11) is -5.20. The summed E-state index contributed by atoms with van der Waals surface area (Å²) >= 11 is 6.18. The zero-order valence-electron chi connectivity index (χ0n) is 22.2. The monoisotopic (exact) mass is 627 g/mol. The van der Waals surface area contributed by atoms with E-state index < -0.39 is 63.1 Å². The lowest BCUT2D eigenvalue weighted by atomic mass is 10.0. The van der Waals surface area contributed by atoms with Crippen molar-refractivity contribution in [2.75, 3.05) is 18.5 Å². The van der Waals surface area contributed by atoms with E-state index in [0.717, 1.165) is 25.7 Å². The first kappa shape index (κ1) is 30.7. The van der Waals surface area contributed by atoms with Crippen LogP contribution < -0.4 is 5.32 Å². The molecule has 1 unspecified atom stereocenters. The Morgan fingerprint density at radius 1 is 1.21 bits per heavy atom. The van der Waals surface area contributed by atoms with Crippen molar-refractivity contribution in [2.24, 2.45) is 0 Å². The third-order valence-electron chi connectivity index (χ3n) is 7.65. The number of ether oxygens (including phenoxy) is 2. The summed E-state index contributed by atoms with van der Waals surface area (Å²) in [6.07, 6.45) is -0.645. The highest BCUT2D eigenvalue weighted by Gasteiger charge is 2.51. The molecule has 15 nitrogen and oxygen atoms in total. The largest absolute Gasteiger partial charge is 0.478 e. The zero-order valence-corrected chi connectivity index (χ0v) is 23.8. The highest BCUT2D eigenvalue weighted by atomic mass is 35.5. The number of aromatic carboxylic acids is 1. The summed E-state index contributed by atoms with van der Waals surface area (Å²) in [6, 6.07) is 5.55. The first-order valence-corrected chi connectivity index (χ1v) is 15.2. The van der Waals surface area contributed by atoms with Crippen LogP contribution in [0.15, 0.2) is 30.5 Å². The van der Waals surface area contributed by atoms with Gasteiger partial charge in [0.1, 0.15) is 24.1 Å². The molecule has 5 rings (SSSR count). The van der Waals surface area contributed by atoms with Crippen LogP contribution >= 0.6 is 19.2 Å². The van der Waals surface area contributed by atoms with Crippen molar-refractivity contribution < 1.29 is 49.0 Å². The Balaban J connectivity index is 1.36. The van der Waals surface area contributed by atoms with Gasteiger partial charge in [0, 0.05) is 12.5 Å². The lowest BCUT2D eigenvalue weighted by Crippen LogP contribution is -2.43. The molecule has 2 aromatic heterocycles. The lowest BCUT2D eigenvalue weighted by Gasteiger charge is -2.34. The number of fused-ring (bicyclic) bond motifs is 1. The minimum absolute atomic E-state index is 0.0704. The molecule has 3 aromatic rings. The Morgan fingerprint density at radius 3 is 2.62 bits per heavy atom. The third-order valence-corrected chi connectivity index (χ3v) is 9.31. The topological polar surface area (TPSA) is 230 Å². The quantitative estimate of drug-likeness (QED) is 0.117. The number of hydrogen-bond acceptors (Lipinski definition) is 11. The summed E-state index contributed by atoms with van der Waals surface area (Å²) in [5.41, 5.74) is 0.286. The molecule has 1 aliphatic carbocycles. The third kappa shape index (κ3) is 6.02. The standard InChI is InChI=1S/C25H31ClN5O10P/c26-24-29-20(28-15-6-1-2-7-15)16-10-27-31(21(16)30-24)22-19(34)18(33)17(41-22)11-40-25(12-32,42(37,38)39)9-13-4-3-5-14(8-13)23(35)36/h3-5,8,10,15,17-19,22,32-34H,1-2,6-7,9,11-12H2,(H,35,36)(H,28,29,30)(H2,37,38,39)/t17-,18-,19-,22-,25?/m1/s1. The predicted octanol–water partition coefficient (Wildman–Crippen LogP) is 1.28. The number of aromatic nitrogens is 4. The molecule has 2 aliphatic rings. The molecule has 3 heterocycles. The molecule has 0 spiro atoms. The van der Waals surface area contributed by atoms with Crippen LogP contribution in [0.3, 0.4) is 0 Å². The smallest absolute Gasteiger partial charge is 0.359 e. The van der Waals surface area contributed by atoms with Crippen LogP contribution in [0, 0.1) is 0 Å². The van der Waals surface area contributed by atoms with Crippen LogP contribution in [-0.2, 0) is 20.5 Å². The molecule has 0 bridgehead atoms. The fourth-order valence-corrected chi connectivity index (χ4v) is 6.31. The molecule has 1 aliphatic heterocycles. The van der Waals surface area contributed by atoms with Crippen molar-refractivity contribution in [3.05, 3.63) is 46.9 Å². The molecule has 228 valence electrons. The highest BCUT2D eigenvalue weighted by Crippen LogP contribution is 2.53. The number of benzene rings is 1. The van der Waals surface area contributed by atoms with Gasteiger partial charge in [0.25, 0.3) is 0 Å². The number of carboxylic acids is 1. The number of aliphatic hydroxyl groups is 3. The summed E-state index contributed by atoms with van der Waals surface area (Å²) in [5.74, 6) is -0.775. The fourth-order valence-electron chi connectivity index (χ4n) is 5.33. The van der Waals surface area contributed by atoms with Crippen LogP contribution in [0.25, 0.3) is 11.0 Å². The number of rotatable bonds is 11. The van der Waals surface area contributed by atoms with E-state index in [1.807, 2.05) is 0 Å². The summed E-state index contributed by atoms with van der Waals surface area (Å²) in [4.78, 5) is 40.1. The van der Waals surface area contributed by atoms with Crippen LogP contribution in [-0.4, -0.2) is 98.8 Å². The number of halogens is 1. The van der Waals surface area contributed by atoms with Gasteiger partial charge in [-0.25, -0.2) is 9.48 Å². The molecule has 5 atom stereocenters. The number of nitrogens with zero attached hydrogens (tertiary/aromatic N) is 4. The van der Waals surface area contributed by atoms with E-state index in [2.05, 4.69) is 20.4 Å². The predicted molar refractivity (Wildman–Crippen MR) is 147 cm³/mol. The van der Waals surface area contributed by atoms with Gasteiger partial charge in [-0.3, -0.25) is 4.57 Å². The maximum absolute atomic E-state index is 12.5. The molecule has 0 amide bonds. The second-order valence-electron chi connectivity index (χ2n) is 10.5. The van der Waals surface area contributed by atoms with E-state index in [1.54, 1.807) is 0 Å². The molecule has 0 radical (unpaired) electrons. The van der Waals surface area contributed by atoms with Gasteiger partial charge >= 0.3 is 13.6 Å². The van der Waals surface area contributed by atoms with Crippen LogP contribution in [0.4, 0.5) is 5.82 Å². The number of hydrogen-bond donors (Lipinski definition) is 7. The average Bonchev–Trinajstić information content (AvgIpc) is 3.67. The highest BCUT2D eigenvalue weighted by molar-refractivity contribution is 7.53. The van der Waals surface area contributed by atoms with Crippen molar-refractivity contribution in [1.82, 2.24) is 19.7 Å². The van der Waals surface area contributed by atoms with Gasteiger partial charge in [-0.1, -0.05) is 25.0 Å². The number of carboxylic acid groups (broad SMARTS) is 1. The van der Waals surface area contributed by atoms with E-state index in [4.69, 9.17) is 21.1 Å². The first-order chi connectivity index (χ1) is 19.9. The number of anilines is 1. The maximum atomic E-state index is 12.5. The Labute approximate surface area is 244 Å². The van der Waals surface area contributed by atoms with E-state index >= 15 is 0 Å². The van der Waals surface area contributed by atoms with E-state index in [0.29, 0.717) is 11.2 Å². The second kappa shape index (κ2) is 12.1. The van der Waals surface area contributed by atoms with Crippen LogP contribution in [0.5, 0.6) is 0 Å². The van der Waals surface area contributed by atoms with Crippen molar-refractivity contribution in [1.29, 1.82) is 0 Å². The maximum Gasteiger partial charge on any atom is 0.359 e. The minimum Gasteiger partial charge on any atom is -0.478 e. The summed E-state index contributed by atoms with van der Waals surface area (Å²) in [5, 5.41) is 46.6. The van der Waals surface area contributed by atoms with Gasteiger partial charge in [0.15, 0.2) is 17.2 Å². The Kier molecular flexibility index (Phi) is 8.86. The molecule has 2 fully saturated rings. The lowest BCUT2D eigenvalue weighted by molar-refractivity contribution is -0.109. The molecule has 7 N–H and O–H groups in total. The fraction of sp³-hybridized carbons (Fsp3) is 0.520. The van der Waals surface area contributed by atoms with E-state index in [1.165, 1.54) is 35.1 Å². The van der Waals surface area contributed by atoms with Gasteiger partial charge < -0.3 is 45.0 Å². The number of aliphatic hydroxyl groups excluding tert-OH is 3. The Morgan fingerprint density at radius 2 is 1.95 bits per heavy atom. The molecule has 1 saturated carbocycles. The normalized spacial score (nSPS) is 24.7. The first-order valence-electron chi connectivity index (χ1n) is 13.2. The average molecular weight is 628 g/mol. The van der Waals surface area contributed by atoms with Gasteiger partial charge in [-0.15, -0.1) is 0 Å². The minimum atomic E-state index is -5.20. The van der Waals surface area contributed by atoms with Crippen molar-refractivity contribution in [2.45, 2.75) is 68.0 Å². The summed E-state index contributed by atoms with van der Waals surface area (Å²) in [6.45, 7) is -1.79. The number of carbonyl (C=O) groups is 1. The summed E-state index contributed by atoms with van der Waals surface area (Å²) < 4.78 is 25.2. The second-order valence-corrected chi connectivity index (χ2v) is 12.7.